The highest BCUT2D eigenvalue weighted by molar-refractivity contribution is 6.23. The van der Waals surface area contributed by atoms with Crippen LogP contribution in [0.2, 0.25) is 0 Å². The molecule has 5 rings (SSSR count). The zero-order chi connectivity index (χ0) is 22.6. The summed E-state index contributed by atoms with van der Waals surface area (Å²) in [6, 6.07) is 6.21. The minimum Gasteiger partial charge on any atom is -0.326 e. The molecule has 3 aliphatic heterocycles. The number of benzene rings is 1. The third kappa shape index (κ3) is 3.32. The molecule has 3 aliphatic rings. The van der Waals surface area contributed by atoms with Gasteiger partial charge in [0.05, 0.1) is 11.1 Å². The molecule has 0 spiro atoms. The SMILES string of the molecule is Cn1nccc1[C@@H]1CN(Cc2ccc3c(c2)C(=O)N(C2CCC(=O)NC2=O)C3=O)C[C@H]1N. The van der Waals surface area contributed by atoms with Gasteiger partial charge >= 0.3 is 0 Å². The number of rotatable bonds is 4. The van der Waals surface area contributed by atoms with Crippen molar-refractivity contribution in [2.24, 2.45) is 12.8 Å². The number of piperidine rings is 1. The molecule has 1 aromatic carbocycles. The molecular formula is C22H24N6O4. The van der Waals surface area contributed by atoms with E-state index in [-0.39, 0.29) is 30.4 Å². The van der Waals surface area contributed by atoms with Gasteiger partial charge in [0.25, 0.3) is 11.8 Å². The number of fused-ring (bicyclic) bond motifs is 1. The maximum absolute atomic E-state index is 13.0. The number of aromatic nitrogens is 2. The van der Waals surface area contributed by atoms with E-state index in [9.17, 15) is 19.2 Å². The van der Waals surface area contributed by atoms with Crippen molar-refractivity contribution in [3.63, 3.8) is 0 Å². The largest absolute Gasteiger partial charge is 0.326 e. The average molecular weight is 436 g/mol. The Bertz CT molecular complexity index is 1140. The number of nitrogens with two attached hydrogens (primary N) is 1. The number of aryl methyl sites for hydroxylation is 1. The first-order chi connectivity index (χ1) is 15.3. The molecule has 0 radical (unpaired) electrons. The number of imide groups is 2. The molecule has 3 atom stereocenters. The van der Waals surface area contributed by atoms with Crippen LogP contribution in [0.4, 0.5) is 0 Å². The van der Waals surface area contributed by atoms with E-state index in [1.165, 1.54) is 0 Å². The van der Waals surface area contributed by atoms with Crippen LogP contribution in [0.25, 0.3) is 0 Å². The van der Waals surface area contributed by atoms with Crippen LogP contribution in [0, 0.1) is 0 Å². The van der Waals surface area contributed by atoms with E-state index in [2.05, 4.69) is 15.3 Å². The predicted octanol–water partition coefficient (Wildman–Crippen LogP) is -0.252. The van der Waals surface area contributed by atoms with Crippen molar-refractivity contribution in [1.29, 1.82) is 0 Å². The number of likely N-dealkylation sites (tertiary alicyclic amines) is 1. The van der Waals surface area contributed by atoms with Crippen LogP contribution in [0.5, 0.6) is 0 Å². The summed E-state index contributed by atoms with van der Waals surface area (Å²) in [5.41, 5.74) is 8.96. The number of nitrogens with zero attached hydrogens (tertiary/aromatic N) is 4. The van der Waals surface area contributed by atoms with E-state index in [0.29, 0.717) is 18.7 Å². The Hall–Kier alpha value is -3.37. The van der Waals surface area contributed by atoms with Gasteiger partial charge in [-0.25, -0.2) is 0 Å². The van der Waals surface area contributed by atoms with Gasteiger partial charge in [0.1, 0.15) is 6.04 Å². The van der Waals surface area contributed by atoms with E-state index in [1.54, 1.807) is 18.3 Å². The Labute approximate surface area is 184 Å². The number of amides is 4. The second kappa shape index (κ2) is 7.64. The van der Waals surface area contributed by atoms with Crippen LogP contribution in [-0.4, -0.2) is 68.4 Å². The Morgan fingerprint density at radius 2 is 1.88 bits per heavy atom. The Morgan fingerprint density at radius 3 is 2.59 bits per heavy atom. The summed E-state index contributed by atoms with van der Waals surface area (Å²) in [7, 11) is 1.90. The summed E-state index contributed by atoms with van der Waals surface area (Å²) >= 11 is 0. The third-order valence-corrected chi connectivity index (χ3v) is 6.59. The van der Waals surface area contributed by atoms with Crippen LogP contribution >= 0.6 is 0 Å². The normalized spacial score (nSPS) is 26.1. The van der Waals surface area contributed by atoms with E-state index in [4.69, 9.17) is 5.73 Å². The van der Waals surface area contributed by atoms with Gasteiger partial charge in [-0.2, -0.15) is 5.10 Å². The zero-order valence-electron chi connectivity index (χ0n) is 17.7. The highest BCUT2D eigenvalue weighted by atomic mass is 16.2. The van der Waals surface area contributed by atoms with Crippen molar-refractivity contribution < 1.29 is 19.2 Å². The monoisotopic (exact) mass is 436 g/mol. The molecule has 2 saturated heterocycles. The van der Waals surface area contributed by atoms with Gasteiger partial charge < -0.3 is 5.73 Å². The quantitative estimate of drug-likeness (QED) is 0.632. The Morgan fingerprint density at radius 1 is 1.09 bits per heavy atom. The van der Waals surface area contributed by atoms with Crippen molar-refractivity contribution in [2.45, 2.75) is 37.4 Å². The minimum absolute atomic E-state index is 0.0222. The van der Waals surface area contributed by atoms with E-state index in [0.717, 1.165) is 22.7 Å². The summed E-state index contributed by atoms with van der Waals surface area (Å²) in [4.78, 5) is 52.7. The Kier molecular flexibility index (Phi) is 4.90. The molecule has 1 unspecified atom stereocenters. The molecule has 2 aromatic rings. The molecule has 2 fully saturated rings. The van der Waals surface area contributed by atoms with Gasteiger partial charge in [0.15, 0.2) is 0 Å². The van der Waals surface area contributed by atoms with Crippen molar-refractivity contribution in [3.05, 3.63) is 52.8 Å². The predicted molar refractivity (Wildman–Crippen MR) is 112 cm³/mol. The molecule has 0 bridgehead atoms. The molecule has 0 aliphatic carbocycles. The number of hydrogen-bond acceptors (Lipinski definition) is 7. The number of carbonyl (C=O) groups excluding carboxylic acids is 4. The van der Waals surface area contributed by atoms with E-state index < -0.39 is 29.7 Å². The second-order valence-corrected chi connectivity index (χ2v) is 8.67. The van der Waals surface area contributed by atoms with Gasteiger partial charge in [-0.3, -0.25) is 39.0 Å². The molecule has 10 nitrogen and oxygen atoms in total. The number of nitrogens with one attached hydrogen (secondary N) is 1. The van der Waals surface area contributed by atoms with Crippen molar-refractivity contribution in [2.75, 3.05) is 13.1 Å². The lowest BCUT2D eigenvalue weighted by atomic mass is 10.0. The van der Waals surface area contributed by atoms with Crippen LogP contribution in [-0.2, 0) is 23.2 Å². The van der Waals surface area contributed by atoms with Gasteiger partial charge in [-0.15, -0.1) is 0 Å². The molecule has 166 valence electrons. The fourth-order valence-electron chi connectivity index (χ4n) is 4.98. The lowest BCUT2D eigenvalue weighted by Gasteiger charge is -2.27. The third-order valence-electron chi connectivity index (χ3n) is 6.59. The summed E-state index contributed by atoms with van der Waals surface area (Å²) in [5.74, 6) is -1.82. The maximum atomic E-state index is 13.0. The fraction of sp³-hybridized carbons (Fsp3) is 0.409. The first-order valence-corrected chi connectivity index (χ1v) is 10.6. The molecule has 3 N–H and O–H groups in total. The maximum Gasteiger partial charge on any atom is 0.262 e. The average Bonchev–Trinajstić information content (AvgIpc) is 3.39. The molecule has 32 heavy (non-hydrogen) atoms. The van der Waals surface area contributed by atoms with Crippen molar-refractivity contribution in [3.8, 4) is 0 Å². The molecular weight excluding hydrogens is 412 g/mol. The summed E-state index contributed by atoms with van der Waals surface area (Å²) in [6.07, 6.45) is 2.01. The van der Waals surface area contributed by atoms with Crippen LogP contribution < -0.4 is 11.1 Å². The highest BCUT2D eigenvalue weighted by Gasteiger charge is 2.44. The van der Waals surface area contributed by atoms with Crippen LogP contribution in [0.3, 0.4) is 0 Å². The smallest absolute Gasteiger partial charge is 0.262 e. The minimum atomic E-state index is -0.959. The first-order valence-electron chi connectivity index (χ1n) is 10.6. The number of hydrogen-bond donors (Lipinski definition) is 2. The van der Waals surface area contributed by atoms with Crippen LogP contribution in [0.15, 0.2) is 30.5 Å². The second-order valence-electron chi connectivity index (χ2n) is 8.67. The van der Waals surface area contributed by atoms with Crippen LogP contribution in [0.1, 0.15) is 50.7 Å². The summed E-state index contributed by atoms with van der Waals surface area (Å²) < 4.78 is 1.84. The van der Waals surface area contributed by atoms with Crippen molar-refractivity contribution in [1.82, 2.24) is 24.9 Å². The first kappa shape index (κ1) is 20.5. The lowest BCUT2D eigenvalue weighted by Crippen LogP contribution is -2.54. The van der Waals surface area contributed by atoms with E-state index >= 15 is 0 Å². The molecule has 4 amide bonds. The summed E-state index contributed by atoms with van der Waals surface area (Å²) in [6.45, 7) is 2.07. The molecule has 4 heterocycles. The zero-order valence-corrected chi connectivity index (χ0v) is 17.7. The molecule has 0 saturated carbocycles. The van der Waals surface area contributed by atoms with Gasteiger partial charge in [-0.1, -0.05) is 6.07 Å². The number of carbonyl (C=O) groups is 4. The fourth-order valence-corrected chi connectivity index (χ4v) is 4.98. The van der Waals surface area contributed by atoms with Gasteiger partial charge in [-0.05, 0) is 30.2 Å². The standard InChI is InChI=1S/C22H24N6O4/c1-26-17(6-7-24-26)15-10-27(11-16(15)23)9-12-2-3-13-14(8-12)22(32)28(21(13)31)18-4-5-19(29)25-20(18)30/h2-3,6-8,15-16,18H,4-5,9-11,23H2,1H3,(H,25,29,30)/t15-,16-,18?/m1/s1. The summed E-state index contributed by atoms with van der Waals surface area (Å²) in [5, 5.41) is 6.44. The van der Waals surface area contributed by atoms with Gasteiger partial charge in [0.2, 0.25) is 11.8 Å². The van der Waals surface area contributed by atoms with Gasteiger partial charge in [0, 0.05) is 57.0 Å². The van der Waals surface area contributed by atoms with Crippen molar-refractivity contribution >= 4 is 23.6 Å². The highest BCUT2D eigenvalue weighted by Crippen LogP contribution is 2.30. The lowest BCUT2D eigenvalue weighted by molar-refractivity contribution is -0.136. The Balaban J connectivity index is 1.33. The topological polar surface area (TPSA) is 131 Å². The molecule has 10 heteroatoms. The molecule has 1 aromatic heterocycles. The van der Waals surface area contributed by atoms with E-state index in [1.807, 2.05) is 23.9 Å².